The number of ether oxygens (including phenoxy) is 1. The van der Waals surface area contributed by atoms with Gasteiger partial charge in [0.15, 0.2) is 0 Å². The molecule has 2 saturated heterocycles. The Bertz CT molecular complexity index is 1230. The van der Waals surface area contributed by atoms with Gasteiger partial charge >= 0.3 is 0 Å². The van der Waals surface area contributed by atoms with Crippen molar-refractivity contribution in [3.63, 3.8) is 0 Å². The van der Waals surface area contributed by atoms with Crippen molar-refractivity contribution >= 4 is 28.2 Å². The quantitative estimate of drug-likeness (QED) is 0.423. The van der Waals surface area contributed by atoms with E-state index in [0.29, 0.717) is 12.1 Å². The second-order valence-electron chi connectivity index (χ2n) is 9.78. The van der Waals surface area contributed by atoms with Crippen LogP contribution < -0.4 is 20.9 Å². The van der Waals surface area contributed by atoms with Crippen molar-refractivity contribution in [1.29, 1.82) is 5.26 Å². The monoisotopic (exact) mass is 501 g/mol. The highest BCUT2D eigenvalue weighted by molar-refractivity contribution is 5.95. The summed E-state index contributed by atoms with van der Waals surface area (Å²) < 4.78 is 6.35. The van der Waals surface area contributed by atoms with Crippen molar-refractivity contribution in [3.05, 3.63) is 48.4 Å². The molecule has 2 aliphatic heterocycles. The Balaban J connectivity index is 1.20. The summed E-state index contributed by atoms with van der Waals surface area (Å²) in [5.74, 6) is 1.69. The highest BCUT2D eigenvalue weighted by Crippen LogP contribution is 2.30. The van der Waals surface area contributed by atoms with Crippen molar-refractivity contribution in [1.82, 2.24) is 19.9 Å². The second-order valence-corrected chi connectivity index (χ2v) is 9.78. The van der Waals surface area contributed by atoms with E-state index in [2.05, 4.69) is 48.0 Å². The number of fused-ring (bicyclic) bond motifs is 1. The minimum absolute atomic E-state index is 0.0808. The number of benzene rings is 1. The number of nitrogens with two attached hydrogens (primary N) is 1. The first kappa shape index (κ1) is 25.1. The van der Waals surface area contributed by atoms with E-state index in [9.17, 15) is 5.26 Å². The van der Waals surface area contributed by atoms with Gasteiger partial charge in [-0.3, -0.25) is 9.88 Å². The number of nitrogens with zero attached hydrogens (tertiary/aromatic N) is 7. The van der Waals surface area contributed by atoms with Crippen LogP contribution in [0.4, 0.5) is 17.3 Å². The number of nitriles is 1. The Kier molecular flexibility index (Phi) is 7.94. The second kappa shape index (κ2) is 11.7. The Labute approximate surface area is 218 Å². The lowest BCUT2D eigenvalue weighted by Crippen LogP contribution is -2.50. The normalized spacial score (nSPS) is 20.4. The lowest BCUT2D eigenvalue weighted by molar-refractivity contribution is -0.0292. The molecule has 0 aliphatic carbocycles. The zero-order chi connectivity index (χ0) is 25.6. The van der Waals surface area contributed by atoms with E-state index in [1.807, 2.05) is 30.5 Å². The lowest BCUT2D eigenvalue weighted by Gasteiger charge is -2.40. The first-order valence-corrected chi connectivity index (χ1v) is 13.1. The molecule has 1 aromatic carbocycles. The standard InChI is InChI=1S/C27H35N9O/c1-20-16-36(24-7-6-21(13-29)27-23(24)5-4-10-31-27)18-22(37-20)17-34-11-12-35(19-34)26-15-32-25(14-33-26)30-9-3-2-8-28/h4-7,10,14-15,20,22H,2-3,8-9,11-12,16-19,28H2,1H3,(H,30,32). The number of nitrogens with one attached hydrogen (secondary N) is 1. The predicted octanol–water partition coefficient (Wildman–Crippen LogP) is 2.42. The van der Waals surface area contributed by atoms with Gasteiger partial charge in [0.05, 0.1) is 42.4 Å². The summed E-state index contributed by atoms with van der Waals surface area (Å²) in [5, 5.41) is 13.8. The van der Waals surface area contributed by atoms with Crippen molar-refractivity contribution in [3.8, 4) is 6.07 Å². The van der Waals surface area contributed by atoms with E-state index in [1.54, 1.807) is 12.4 Å². The maximum absolute atomic E-state index is 9.50. The first-order chi connectivity index (χ1) is 18.1. The molecule has 2 aromatic heterocycles. The fourth-order valence-electron chi connectivity index (χ4n) is 5.20. The van der Waals surface area contributed by atoms with Gasteiger partial charge in [-0.2, -0.15) is 5.26 Å². The number of morpholine rings is 1. The number of rotatable bonds is 9. The fourth-order valence-corrected chi connectivity index (χ4v) is 5.20. The summed E-state index contributed by atoms with van der Waals surface area (Å²) in [6, 6.07) is 10.2. The molecule has 2 aliphatic rings. The Hall–Kier alpha value is -3.52. The van der Waals surface area contributed by atoms with Gasteiger partial charge in [-0.1, -0.05) is 0 Å². The molecular formula is C27H35N9O. The average Bonchev–Trinajstić information content (AvgIpc) is 3.39. The molecule has 194 valence electrons. The van der Waals surface area contributed by atoms with Gasteiger partial charge in [0.25, 0.3) is 0 Å². The summed E-state index contributed by atoms with van der Waals surface area (Å²) >= 11 is 0. The Morgan fingerprint density at radius 3 is 2.84 bits per heavy atom. The number of hydrogen-bond acceptors (Lipinski definition) is 10. The first-order valence-electron chi connectivity index (χ1n) is 13.1. The van der Waals surface area contributed by atoms with Crippen LogP contribution in [0.2, 0.25) is 0 Å². The van der Waals surface area contributed by atoms with Gasteiger partial charge in [-0.25, -0.2) is 9.97 Å². The average molecular weight is 502 g/mol. The van der Waals surface area contributed by atoms with E-state index < -0.39 is 0 Å². The van der Waals surface area contributed by atoms with Gasteiger partial charge in [-0.05, 0) is 50.6 Å². The molecule has 5 rings (SSSR count). The maximum atomic E-state index is 9.50. The summed E-state index contributed by atoms with van der Waals surface area (Å²) in [6.45, 7) is 8.81. The van der Waals surface area contributed by atoms with E-state index >= 15 is 0 Å². The van der Waals surface area contributed by atoms with Gasteiger partial charge < -0.3 is 25.6 Å². The summed E-state index contributed by atoms with van der Waals surface area (Å²) in [7, 11) is 0. The molecule has 2 unspecified atom stereocenters. The largest absolute Gasteiger partial charge is 0.370 e. The smallest absolute Gasteiger partial charge is 0.148 e. The van der Waals surface area contributed by atoms with Crippen LogP contribution in [0.3, 0.4) is 0 Å². The topological polar surface area (TPSA) is 119 Å². The van der Waals surface area contributed by atoms with Gasteiger partial charge in [0.1, 0.15) is 17.7 Å². The Morgan fingerprint density at radius 2 is 2.03 bits per heavy atom. The molecule has 3 N–H and O–H groups in total. The van der Waals surface area contributed by atoms with Crippen LogP contribution in [0, 0.1) is 11.3 Å². The molecule has 2 fully saturated rings. The molecule has 0 saturated carbocycles. The van der Waals surface area contributed by atoms with Crippen LogP contribution in [-0.4, -0.2) is 84.5 Å². The van der Waals surface area contributed by atoms with E-state index in [0.717, 1.165) is 87.0 Å². The predicted molar refractivity (Wildman–Crippen MR) is 146 cm³/mol. The molecular weight excluding hydrogens is 466 g/mol. The highest BCUT2D eigenvalue weighted by atomic mass is 16.5. The SMILES string of the molecule is CC1CN(c2ccc(C#N)c3ncccc23)CC(CN2CCN(c3cnc(NCCCCN)cn3)C2)O1. The third kappa shape index (κ3) is 5.91. The molecule has 0 spiro atoms. The summed E-state index contributed by atoms with van der Waals surface area (Å²) in [5.41, 5.74) is 8.02. The van der Waals surface area contributed by atoms with Crippen LogP contribution in [0.5, 0.6) is 0 Å². The zero-order valence-electron chi connectivity index (χ0n) is 21.4. The van der Waals surface area contributed by atoms with Crippen LogP contribution in [0.15, 0.2) is 42.9 Å². The highest BCUT2D eigenvalue weighted by Gasteiger charge is 2.30. The van der Waals surface area contributed by atoms with Crippen molar-refractivity contribution < 1.29 is 4.74 Å². The molecule has 37 heavy (non-hydrogen) atoms. The molecule has 2 atom stereocenters. The molecule has 10 nitrogen and oxygen atoms in total. The number of hydrogen-bond donors (Lipinski definition) is 2. The number of pyridine rings is 1. The van der Waals surface area contributed by atoms with Crippen molar-refractivity contribution in [2.75, 3.05) is 67.6 Å². The van der Waals surface area contributed by atoms with E-state index in [4.69, 9.17) is 10.5 Å². The van der Waals surface area contributed by atoms with Crippen LogP contribution in [-0.2, 0) is 4.74 Å². The molecule has 0 bridgehead atoms. The van der Waals surface area contributed by atoms with Crippen LogP contribution in [0.25, 0.3) is 10.9 Å². The number of aromatic nitrogens is 3. The fraction of sp³-hybridized carbons (Fsp3) is 0.481. The minimum Gasteiger partial charge on any atom is -0.370 e. The van der Waals surface area contributed by atoms with E-state index in [1.165, 1.54) is 0 Å². The molecule has 0 amide bonds. The molecule has 4 heterocycles. The third-order valence-corrected chi connectivity index (χ3v) is 6.95. The lowest BCUT2D eigenvalue weighted by atomic mass is 10.1. The van der Waals surface area contributed by atoms with Gasteiger partial charge in [0.2, 0.25) is 0 Å². The van der Waals surface area contributed by atoms with Gasteiger partial charge in [-0.15, -0.1) is 0 Å². The molecule has 0 radical (unpaired) electrons. The third-order valence-electron chi connectivity index (χ3n) is 6.95. The molecule has 10 heteroatoms. The Morgan fingerprint density at radius 1 is 1.11 bits per heavy atom. The van der Waals surface area contributed by atoms with Crippen molar-refractivity contribution in [2.24, 2.45) is 5.73 Å². The number of anilines is 3. The van der Waals surface area contributed by atoms with E-state index in [-0.39, 0.29) is 12.2 Å². The zero-order valence-corrected chi connectivity index (χ0v) is 21.4. The van der Waals surface area contributed by atoms with Crippen LogP contribution in [0.1, 0.15) is 25.3 Å². The molecule has 3 aromatic rings. The van der Waals surface area contributed by atoms with Gasteiger partial charge in [0, 0.05) is 56.5 Å². The summed E-state index contributed by atoms with van der Waals surface area (Å²) in [6.07, 6.45) is 7.62. The maximum Gasteiger partial charge on any atom is 0.148 e. The van der Waals surface area contributed by atoms with Crippen LogP contribution >= 0.6 is 0 Å². The van der Waals surface area contributed by atoms with Crippen molar-refractivity contribution in [2.45, 2.75) is 32.0 Å². The number of unbranched alkanes of at least 4 members (excludes halogenated alkanes) is 1. The minimum atomic E-state index is 0.0808. The summed E-state index contributed by atoms with van der Waals surface area (Å²) in [4.78, 5) is 20.7.